The average molecular weight is 417 g/mol. The summed E-state index contributed by atoms with van der Waals surface area (Å²) in [4.78, 5) is 23.2. The first kappa shape index (κ1) is 22.9. The van der Waals surface area contributed by atoms with Crippen LogP contribution in [0.5, 0.6) is 5.75 Å². The molecule has 0 spiro atoms. The van der Waals surface area contributed by atoms with Crippen molar-refractivity contribution in [1.29, 1.82) is 0 Å². The van der Waals surface area contributed by atoms with E-state index in [1.165, 1.54) is 39.7 Å². The number of hydrogen-bond acceptors (Lipinski definition) is 5. The minimum Gasteiger partial charge on any atom is -0.546 e. The maximum absolute atomic E-state index is 12.3. The molecule has 1 N–H and O–H groups in total. The normalized spacial score (nSPS) is 16.3. The first-order chi connectivity index (χ1) is 13.7. The summed E-state index contributed by atoms with van der Waals surface area (Å²) in [5.41, 5.74) is -0.448. The third-order valence-corrected chi connectivity index (χ3v) is 4.90. The largest absolute Gasteiger partial charge is 0.546 e. The molecule has 1 heterocycles. The molecule has 1 aliphatic heterocycles. The number of ketones is 1. The lowest BCUT2D eigenvalue weighted by atomic mass is 10.0. The van der Waals surface area contributed by atoms with Crippen molar-refractivity contribution in [2.24, 2.45) is 0 Å². The number of hydrogen-bond donors (Lipinski definition) is 1. The van der Waals surface area contributed by atoms with Crippen LogP contribution in [0.1, 0.15) is 56.0 Å². The number of carbonyl (C=O) groups is 2. The van der Waals surface area contributed by atoms with Crippen molar-refractivity contribution in [3.05, 3.63) is 64.7 Å². The van der Waals surface area contributed by atoms with E-state index in [1.807, 2.05) is 0 Å². The van der Waals surface area contributed by atoms with Crippen LogP contribution in [0, 0.1) is 0 Å². The topological polar surface area (TPSA) is 78.5 Å². The Balaban J connectivity index is 0.000000360. The monoisotopic (exact) mass is 416 g/mol. The number of benzene rings is 2. The molecule has 0 amide bonds. The number of ether oxygens (including phenoxy) is 1. The highest BCUT2D eigenvalue weighted by molar-refractivity contribution is 6.30. The summed E-state index contributed by atoms with van der Waals surface area (Å²) in [6, 6.07) is 13.6. The summed E-state index contributed by atoms with van der Waals surface area (Å²) in [6.45, 7) is 6.28. The Morgan fingerprint density at radius 1 is 1.03 bits per heavy atom. The molecule has 1 fully saturated rings. The van der Waals surface area contributed by atoms with Crippen molar-refractivity contribution in [2.75, 3.05) is 6.54 Å². The molecule has 156 valence electrons. The van der Waals surface area contributed by atoms with Gasteiger partial charge in [-0.05, 0) is 88.7 Å². The number of halogens is 1. The van der Waals surface area contributed by atoms with Gasteiger partial charge in [0.05, 0.1) is 5.97 Å². The molecule has 2 aromatic rings. The standard InChI is InChI=1S/C17H15ClO4.C6H13N/c1-17(2,16(20)21)22-14-9-5-12(6-10-14)15(19)11-3-7-13(18)8-4-11;1-6-4-2-3-5-7-6/h3-10H,1-2H3,(H,20,21);6-7H,2-5H2,1H3/p-1. The fourth-order valence-corrected chi connectivity index (χ4v) is 2.93. The minimum atomic E-state index is -1.44. The zero-order valence-corrected chi connectivity index (χ0v) is 17.8. The van der Waals surface area contributed by atoms with E-state index in [-0.39, 0.29) is 5.78 Å². The fraction of sp³-hybridized carbons (Fsp3) is 0.391. The van der Waals surface area contributed by atoms with E-state index in [1.54, 1.807) is 48.5 Å². The van der Waals surface area contributed by atoms with Gasteiger partial charge in [0, 0.05) is 22.2 Å². The molecule has 1 aliphatic rings. The molecule has 0 saturated carbocycles. The summed E-state index contributed by atoms with van der Waals surface area (Å²) < 4.78 is 5.33. The molecule has 1 atom stereocenters. The van der Waals surface area contributed by atoms with Gasteiger partial charge in [-0.1, -0.05) is 18.0 Å². The smallest absolute Gasteiger partial charge is 0.193 e. The lowest BCUT2D eigenvalue weighted by Crippen LogP contribution is -2.47. The second-order valence-electron chi connectivity index (χ2n) is 7.61. The molecule has 0 radical (unpaired) electrons. The van der Waals surface area contributed by atoms with Gasteiger partial charge in [0.2, 0.25) is 0 Å². The SMILES string of the molecule is CC(C)(Oc1ccc(C(=O)c2ccc(Cl)cc2)cc1)C(=O)[O-].CC1CCCCN1. The fourth-order valence-electron chi connectivity index (χ4n) is 2.80. The lowest BCUT2D eigenvalue weighted by Gasteiger charge is -2.27. The summed E-state index contributed by atoms with van der Waals surface area (Å²) in [5.74, 6) is -1.11. The van der Waals surface area contributed by atoms with Gasteiger partial charge < -0.3 is 20.0 Å². The zero-order chi connectivity index (χ0) is 21.4. The Bertz CT molecular complexity index is 810. The van der Waals surface area contributed by atoms with E-state index in [0.717, 1.165) is 6.04 Å². The number of nitrogens with one attached hydrogen (secondary N) is 1. The van der Waals surface area contributed by atoms with Crippen molar-refractivity contribution < 1.29 is 19.4 Å². The molecule has 1 saturated heterocycles. The van der Waals surface area contributed by atoms with Gasteiger partial charge in [-0.2, -0.15) is 0 Å². The average Bonchev–Trinajstić information content (AvgIpc) is 2.69. The Hall–Kier alpha value is -2.37. The highest BCUT2D eigenvalue weighted by atomic mass is 35.5. The van der Waals surface area contributed by atoms with Gasteiger partial charge in [0.15, 0.2) is 5.78 Å². The first-order valence-electron chi connectivity index (χ1n) is 9.73. The quantitative estimate of drug-likeness (QED) is 0.753. The van der Waals surface area contributed by atoms with Crippen LogP contribution in [0.2, 0.25) is 5.02 Å². The predicted octanol–water partition coefficient (Wildman–Crippen LogP) is 3.63. The highest BCUT2D eigenvalue weighted by Crippen LogP contribution is 2.20. The van der Waals surface area contributed by atoms with Crippen LogP contribution in [-0.2, 0) is 4.79 Å². The van der Waals surface area contributed by atoms with Gasteiger partial charge in [-0.15, -0.1) is 0 Å². The van der Waals surface area contributed by atoms with E-state index >= 15 is 0 Å². The number of aliphatic carboxylic acids is 1. The van der Waals surface area contributed by atoms with Crippen molar-refractivity contribution in [3.8, 4) is 5.75 Å². The third kappa shape index (κ3) is 7.18. The third-order valence-electron chi connectivity index (χ3n) is 4.64. The van der Waals surface area contributed by atoms with Gasteiger partial charge in [-0.25, -0.2) is 0 Å². The predicted molar refractivity (Wildman–Crippen MR) is 112 cm³/mol. The van der Waals surface area contributed by atoms with E-state index in [4.69, 9.17) is 16.3 Å². The molecule has 0 aliphatic carbocycles. The summed E-state index contributed by atoms with van der Waals surface area (Å²) in [5, 5.41) is 14.9. The van der Waals surface area contributed by atoms with E-state index in [9.17, 15) is 14.7 Å². The summed E-state index contributed by atoms with van der Waals surface area (Å²) in [7, 11) is 0. The maximum Gasteiger partial charge on any atom is 0.193 e. The number of carboxylic acids is 1. The molecular formula is C23H27ClNO4-. The molecule has 1 unspecified atom stereocenters. The van der Waals surface area contributed by atoms with Crippen molar-refractivity contribution in [3.63, 3.8) is 0 Å². The highest BCUT2D eigenvalue weighted by Gasteiger charge is 2.21. The Morgan fingerprint density at radius 2 is 1.59 bits per heavy atom. The second-order valence-corrected chi connectivity index (χ2v) is 8.05. The summed E-state index contributed by atoms with van der Waals surface area (Å²) in [6.07, 6.45) is 4.18. The van der Waals surface area contributed by atoms with Crippen LogP contribution < -0.4 is 15.2 Å². The molecular weight excluding hydrogens is 390 g/mol. The minimum absolute atomic E-state index is 0.151. The van der Waals surface area contributed by atoms with Crippen molar-refractivity contribution >= 4 is 23.4 Å². The molecule has 29 heavy (non-hydrogen) atoms. The van der Waals surface area contributed by atoms with Crippen molar-refractivity contribution in [2.45, 2.75) is 51.7 Å². The van der Waals surface area contributed by atoms with Gasteiger partial charge in [0.25, 0.3) is 0 Å². The van der Waals surface area contributed by atoms with Gasteiger partial charge >= 0.3 is 0 Å². The molecule has 0 aromatic heterocycles. The zero-order valence-electron chi connectivity index (χ0n) is 17.0. The first-order valence-corrected chi connectivity index (χ1v) is 10.1. The number of piperidine rings is 1. The van der Waals surface area contributed by atoms with Gasteiger partial charge in [0.1, 0.15) is 11.4 Å². The van der Waals surface area contributed by atoms with Crippen LogP contribution >= 0.6 is 11.6 Å². The van der Waals surface area contributed by atoms with Crippen LogP contribution in [0.4, 0.5) is 0 Å². The van der Waals surface area contributed by atoms with Crippen LogP contribution in [0.3, 0.4) is 0 Å². The van der Waals surface area contributed by atoms with Crippen LogP contribution in [0.15, 0.2) is 48.5 Å². The number of carboxylic acid groups (broad SMARTS) is 1. The Morgan fingerprint density at radius 3 is 2.00 bits per heavy atom. The molecule has 0 bridgehead atoms. The van der Waals surface area contributed by atoms with Crippen LogP contribution in [-0.4, -0.2) is 29.9 Å². The molecule has 5 nitrogen and oxygen atoms in total. The maximum atomic E-state index is 12.3. The van der Waals surface area contributed by atoms with E-state index < -0.39 is 11.6 Å². The molecule has 6 heteroatoms. The van der Waals surface area contributed by atoms with Gasteiger partial charge in [-0.3, -0.25) is 4.79 Å². The molecule has 3 rings (SSSR count). The number of carbonyl (C=O) groups excluding carboxylic acids is 2. The van der Waals surface area contributed by atoms with E-state index in [0.29, 0.717) is 21.9 Å². The summed E-state index contributed by atoms with van der Waals surface area (Å²) >= 11 is 5.79. The lowest BCUT2D eigenvalue weighted by molar-refractivity contribution is -0.320. The van der Waals surface area contributed by atoms with E-state index in [2.05, 4.69) is 12.2 Å². The van der Waals surface area contributed by atoms with Crippen LogP contribution in [0.25, 0.3) is 0 Å². The molecule has 2 aromatic carbocycles. The second kappa shape index (κ2) is 10.4. The Kier molecular flexibility index (Phi) is 8.23. The van der Waals surface area contributed by atoms with Crippen molar-refractivity contribution in [1.82, 2.24) is 5.32 Å². The number of rotatable bonds is 5. The Labute approximate surface area is 177 Å².